The number of anilines is 1. The van der Waals surface area contributed by atoms with Gasteiger partial charge in [-0.1, -0.05) is 13.0 Å². The van der Waals surface area contributed by atoms with Crippen molar-refractivity contribution in [1.29, 1.82) is 0 Å². The second kappa shape index (κ2) is 7.43. The number of hydrogen-bond acceptors (Lipinski definition) is 6. The predicted molar refractivity (Wildman–Crippen MR) is 65.0 cm³/mol. The molecule has 0 atom stereocenters. The zero-order valence-electron chi connectivity index (χ0n) is 10.1. The van der Waals surface area contributed by atoms with Crippen LogP contribution in [0.2, 0.25) is 0 Å². The molecule has 0 aliphatic heterocycles. The molecule has 0 unspecified atom stereocenters. The molecule has 0 aliphatic rings. The molecule has 1 rings (SSSR count). The Morgan fingerprint density at radius 3 is 2.41 bits per heavy atom. The summed E-state index contributed by atoms with van der Waals surface area (Å²) in [7, 11) is 0. The molecular formula is C11H18N4O2. The van der Waals surface area contributed by atoms with E-state index in [0.717, 1.165) is 19.3 Å². The van der Waals surface area contributed by atoms with Gasteiger partial charge in [0.1, 0.15) is 0 Å². The Kier molecular flexibility index (Phi) is 5.77. The topological polar surface area (TPSA) is 83.2 Å². The number of allylic oxidation sites excluding steroid dienone is 1. The summed E-state index contributed by atoms with van der Waals surface area (Å²) in [5.74, 6) is 0.102. The third kappa shape index (κ3) is 5.14. The molecule has 0 saturated heterocycles. The number of aromatic nitrogens is 3. The van der Waals surface area contributed by atoms with Crippen molar-refractivity contribution in [1.82, 2.24) is 15.0 Å². The van der Waals surface area contributed by atoms with E-state index in [4.69, 9.17) is 15.2 Å². The van der Waals surface area contributed by atoms with Gasteiger partial charge < -0.3 is 15.2 Å². The molecule has 94 valence electrons. The minimum atomic E-state index is 0.102. The monoisotopic (exact) mass is 238 g/mol. The lowest BCUT2D eigenvalue weighted by Gasteiger charge is -2.06. The Bertz CT molecular complexity index is 357. The summed E-state index contributed by atoms with van der Waals surface area (Å²) in [6.45, 7) is 6.69. The number of nitrogens with two attached hydrogens (primary N) is 1. The average Bonchev–Trinajstić information content (AvgIpc) is 2.31. The molecule has 6 heteroatoms. The van der Waals surface area contributed by atoms with Gasteiger partial charge in [-0.15, -0.1) is 11.6 Å². The van der Waals surface area contributed by atoms with Crippen molar-refractivity contribution in [2.45, 2.75) is 26.2 Å². The Labute approximate surface area is 101 Å². The number of hydrogen-bond donors (Lipinski definition) is 1. The first-order valence-electron chi connectivity index (χ1n) is 5.64. The zero-order chi connectivity index (χ0) is 12.5. The van der Waals surface area contributed by atoms with Crippen molar-refractivity contribution in [3.05, 3.63) is 12.7 Å². The van der Waals surface area contributed by atoms with E-state index >= 15 is 0 Å². The maximum atomic E-state index is 5.52. The Morgan fingerprint density at radius 1 is 1.18 bits per heavy atom. The summed E-state index contributed by atoms with van der Waals surface area (Å²) in [6, 6.07) is 0.408. The second-order valence-electron chi connectivity index (χ2n) is 3.39. The molecule has 0 radical (unpaired) electrons. The number of nitrogen functional groups attached to an aromatic ring is 1. The lowest BCUT2D eigenvalue weighted by Crippen LogP contribution is -2.08. The fourth-order valence-electron chi connectivity index (χ4n) is 1.07. The molecule has 0 spiro atoms. The largest absolute Gasteiger partial charge is 0.463 e. The average molecular weight is 238 g/mol. The van der Waals surface area contributed by atoms with Gasteiger partial charge in [-0.05, 0) is 19.3 Å². The molecule has 0 aliphatic carbocycles. The summed E-state index contributed by atoms with van der Waals surface area (Å²) in [6.07, 6.45) is 4.46. The first-order valence-corrected chi connectivity index (χ1v) is 5.64. The van der Waals surface area contributed by atoms with Gasteiger partial charge in [0.25, 0.3) is 0 Å². The Morgan fingerprint density at radius 2 is 1.82 bits per heavy atom. The number of ether oxygens (including phenoxy) is 2. The van der Waals surface area contributed by atoms with Gasteiger partial charge in [0.2, 0.25) is 5.95 Å². The van der Waals surface area contributed by atoms with Crippen molar-refractivity contribution < 1.29 is 9.47 Å². The number of rotatable bonds is 8. The molecule has 2 N–H and O–H groups in total. The van der Waals surface area contributed by atoms with Crippen molar-refractivity contribution in [3.63, 3.8) is 0 Å². The van der Waals surface area contributed by atoms with Crippen LogP contribution in [0.5, 0.6) is 12.0 Å². The lowest BCUT2D eigenvalue weighted by atomic mass is 10.3. The van der Waals surface area contributed by atoms with Crippen molar-refractivity contribution in [2.75, 3.05) is 18.9 Å². The molecule has 1 aromatic heterocycles. The van der Waals surface area contributed by atoms with E-state index in [1.165, 1.54) is 0 Å². The summed E-state index contributed by atoms with van der Waals surface area (Å²) in [5, 5.41) is 0. The van der Waals surface area contributed by atoms with Crippen molar-refractivity contribution in [2.24, 2.45) is 0 Å². The van der Waals surface area contributed by atoms with Crippen LogP contribution in [0, 0.1) is 0 Å². The maximum absolute atomic E-state index is 5.52. The second-order valence-corrected chi connectivity index (χ2v) is 3.39. The molecule has 1 heterocycles. The molecule has 0 aromatic carbocycles. The number of nitrogens with zero attached hydrogens (tertiary/aromatic N) is 3. The highest BCUT2D eigenvalue weighted by Crippen LogP contribution is 2.11. The summed E-state index contributed by atoms with van der Waals surface area (Å²) in [5.41, 5.74) is 5.52. The third-order valence-corrected chi connectivity index (χ3v) is 1.83. The Balaban J connectivity index is 2.52. The molecule has 6 nitrogen and oxygen atoms in total. The minimum Gasteiger partial charge on any atom is -0.463 e. The van der Waals surface area contributed by atoms with Gasteiger partial charge in [-0.25, -0.2) is 0 Å². The van der Waals surface area contributed by atoms with Gasteiger partial charge in [0.15, 0.2) is 0 Å². The molecule has 0 fully saturated rings. The van der Waals surface area contributed by atoms with E-state index in [9.17, 15) is 0 Å². The van der Waals surface area contributed by atoms with Gasteiger partial charge in [-0.3, -0.25) is 0 Å². The van der Waals surface area contributed by atoms with E-state index in [0.29, 0.717) is 13.2 Å². The quantitative estimate of drug-likeness (QED) is 0.547. The van der Waals surface area contributed by atoms with Crippen molar-refractivity contribution in [3.8, 4) is 12.0 Å². The maximum Gasteiger partial charge on any atom is 0.324 e. The van der Waals surface area contributed by atoms with Crippen LogP contribution in [-0.4, -0.2) is 28.2 Å². The highest BCUT2D eigenvalue weighted by Gasteiger charge is 2.05. The normalized spacial score (nSPS) is 9.94. The molecular weight excluding hydrogens is 220 g/mol. The third-order valence-electron chi connectivity index (χ3n) is 1.83. The summed E-state index contributed by atoms with van der Waals surface area (Å²) in [4.78, 5) is 11.7. The molecule has 0 saturated carbocycles. The lowest BCUT2D eigenvalue weighted by molar-refractivity contribution is 0.260. The molecule has 0 amide bonds. The van der Waals surface area contributed by atoms with Crippen LogP contribution in [0.15, 0.2) is 12.7 Å². The van der Waals surface area contributed by atoms with Gasteiger partial charge >= 0.3 is 12.0 Å². The first kappa shape index (κ1) is 13.2. The van der Waals surface area contributed by atoms with Crippen LogP contribution in [-0.2, 0) is 0 Å². The summed E-state index contributed by atoms with van der Waals surface area (Å²) < 4.78 is 10.6. The first-order chi connectivity index (χ1) is 8.26. The van der Waals surface area contributed by atoms with Crippen LogP contribution >= 0.6 is 0 Å². The molecule has 1 aromatic rings. The van der Waals surface area contributed by atoms with Crippen LogP contribution < -0.4 is 15.2 Å². The van der Waals surface area contributed by atoms with Gasteiger partial charge in [-0.2, -0.15) is 9.97 Å². The molecule has 0 bridgehead atoms. The van der Waals surface area contributed by atoms with Crippen molar-refractivity contribution >= 4 is 5.95 Å². The smallest absolute Gasteiger partial charge is 0.324 e. The highest BCUT2D eigenvalue weighted by atomic mass is 16.5. The summed E-state index contributed by atoms with van der Waals surface area (Å²) >= 11 is 0. The molecule has 17 heavy (non-hydrogen) atoms. The van der Waals surface area contributed by atoms with Gasteiger partial charge in [0, 0.05) is 0 Å². The highest BCUT2D eigenvalue weighted by molar-refractivity contribution is 5.20. The predicted octanol–water partition coefficient (Wildman–Crippen LogP) is 1.59. The van der Waals surface area contributed by atoms with E-state index in [1.54, 1.807) is 0 Å². The van der Waals surface area contributed by atoms with Crippen LogP contribution in [0.3, 0.4) is 0 Å². The van der Waals surface area contributed by atoms with Gasteiger partial charge in [0.05, 0.1) is 13.2 Å². The van der Waals surface area contributed by atoms with Crippen LogP contribution in [0.1, 0.15) is 26.2 Å². The fraction of sp³-hybridized carbons (Fsp3) is 0.545. The standard InChI is InChI=1S/C11H18N4O2/c1-3-5-6-8-17-11-14-9(12)13-10(15-11)16-7-4-2/h3H,1,4-8H2,2H3,(H2,12,13,14,15). The zero-order valence-corrected chi connectivity index (χ0v) is 10.1. The van der Waals surface area contributed by atoms with Crippen LogP contribution in [0.25, 0.3) is 0 Å². The van der Waals surface area contributed by atoms with E-state index < -0.39 is 0 Å². The minimum absolute atomic E-state index is 0.102. The van der Waals surface area contributed by atoms with Crippen LogP contribution in [0.4, 0.5) is 5.95 Å². The Hall–Kier alpha value is -1.85. The fourth-order valence-corrected chi connectivity index (χ4v) is 1.07. The SMILES string of the molecule is C=CCCCOc1nc(N)nc(OCCC)n1. The number of unbranched alkanes of at least 4 members (excludes halogenated alkanes) is 1. The van der Waals surface area contributed by atoms with E-state index in [-0.39, 0.29) is 18.0 Å². The van der Waals surface area contributed by atoms with E-state index in [2.05, 4.69) is 21.5 Å². The van der Waals surface area contributed by atoms with E-state index in [1.807, 2.05) is 13.0 Å².